The number of nitrogens with zero attached hydrogens (tertiary/aromatic N) is 2. The van der Waals surface area contributed by atoms with Crippen LogP contribution in [0.4, 0.5) is 5.13 Å². The van der Waals surface area contributed by atoms with Crippen molar-refractivity contribution < 1.29 is 14.4 Å². The minimum atomic E-state index is -0.642. The molecule has 138 valence electrons. The van der Waals surface area contributed by atoms with E-state index in [0.29, 0.717) is 22.1 Å². The standard InChI is InChI=1S/C17H16N6O3S/c1-9-14(11-7-12(23-22-11)16(26)19-8-13(18)24)27-17(20-9)21-15(25)10-5-3-2-4-6-10/h2-7H,8H2,1H3,(H2,18,24)(H,19,26)(H,22,23)(H,20,21,25). The van der Waals surface area contributed by atoms with E-state index in [4.69, 9.17) is 5.73 Å². The largest absolute Gasteiger partial charge is 0.368 e. The van der Waals surface area contributed by atoms with E-state index >= 15 is 0 Å². The Morgan fingerprint density at radius 1 is 1.19 bits per heavy atom. The zero-order valence-corrected chi connectivity index (χ0v) is 15.1. The van der Waals surface area contributed by atoms with Crippen LogP contribution in [0.15, 0.2) is 36.4 Å². The van der Waals surface area contributed by atoms with Crippen LogP contribution in [0.5, 0.6) is 0 Å². The smallest absolute Gasteiger partial charge is 0.272 e. The fraction of sp³-hybridized carbons (Fsp3) is 0.118. The summed E-state index contributed by atoms with van der Waals surface area (Å²) in [5.41, 5.74) is 6.90. The molecule has 10 heteroatoms. The number of anilines is 1. The second-order valence-electron chi connectivity index (χ2n) is 5.57. The maximum absolute atomic E-state index is 12.2. The number of carbonyl (C=O) groups excluding carboxylic acids is 3. The first kappa shape index (κ1) is 18.3. The van der Waals surface area contributed by atoms with Gasteiger partial charge >= 0.3 is 0 Å². The Bertz CT molecular complexity index is 995. The van der Waals surface area contributed by atoms with Crippen molar-refractivity contribution in [2.75, 3.05) is 11.9 Å². The zero-order valence-electron chi connectivity index (χ0n) is 14.3. The molecule has 0 aliphatic carbocycles. The lowest BCUT2D eigenvalue weighted by atomic mass is 10.2. The van der Waals surface area contributed by atoms with Crippen LogP contribution >= 0.6 is 11.3 Å². The predicted octanol–water partition coefficient (Wildman–Crippen LogP) is 1.31. The SMILES string of the molecule is Cc1nc(NC(=O)c2ccccc2)sc1-c1cc(C(=O)NCC(N)=O)n[nH]1. The summed E-state index contributed by atoms with van der Waals surface area (Å²) < 4.78 is 0. The summed E-state index contributed by atoms with van der Waals surface area (Å²) in [5, 5.41) is 12.2. The summed E-state index contributed by atoms with van der Waals surface area (Å²) in [7, 11) is 0. The molecule has 0 spiro atoms. The molecular formula is C17H16N6O3S. The van der Waals surface area contributed by atoms with Gasteiger partial charge in [0, 0.05) is 5.56 Å². The van der Waals surface area contributed by atoms with Gasteiger partial charge in [-0.1, -0.05) is 29.5 Å². The second kappa shape index (κ2) is 7.79. The first-order valence-corrected chi connectivity index (χ1v) is 8.72. The van der Waals surface area contributed by atoms with Gasteiger partial charge in [-0.25, -0.2) is 4.98 Å². The minimum Gasteiger partial charge on any atom is -0.368 e. The molecule has 2 aromatic heterocycles. The van der Waals surface area contributed by atoms with Gasteiger partial charge in [-0.2, -0.15) is 5.10 Å². The van der Waals surface area contributed by atoms with Gasteiger partial charge < -0.3 is 11.1 Å². The van der Waals surface area contributed by atoms with Gasteiger partial charge in [0.15, 0.2) is 10.8 Å². The highest BCUT2D eigenvalue weighted by Crippen LogP contribution is 2.32. The molecule has 9 nitrogen and oxygen atoms in total. The number of hydrogen-bond acceptors (Lipinski definition) is 6. The molecule has 5 N–H and O–H groups in total. The molecule has 27 heavy (non-hydrogen) atoms. The number of primary amides is 1. The number of aromatic amines is 1. The molecule has 0 saturated carbocycles. The van der Waals surface area contributed by atoms with Crippen LogP contribution in [0.25, 0.3) is 10.6 Å². The Morgan fingerprint density at radius 3 is 2.63 bits per heavy atom. The first-order valence-electron chi connectivity index (χ1n) is 7.90. The van der Waals surface area contributed by atoms with Crippen molar-refractivity contribution in [1.82, 2.24) is 20.5 Å². The molecule has 0 aliphatic heterocycles. The summed E-state index contributed by atoms with van der Waals surface area (Å²) in [6.45, 7) is 1.52. The molecule has 0 aliphatic rings. The molecule has 3 rings (SSSR count). The molecule has 0 bridgehead atoms. The Morgan fingerprint density at radius 2 is 1.93 bits per heavy atom. The Balaban J connectivity index is 1.74. The quantitative estimate of drug-likeness (QED) is 0.507. The monoisotopic (exact) mass is 384 g/mol. The van der Waals surface area contributed by atoms with Crippen molar-refractivity contribution in [2.24, 2.45) is 5.73 Å². The molecule has 1 aromatic carbocycles. The number of nitrogens with one attached hydrogen (secondary N) is 3. The maximum atomic E-state index is 12.2. The van der Waals surface area contributed by atoms with Crippen LogP contribution in [0.2, 0.25) is 0 Å². The highest BCUT2D eigenvalue weighted by atomic mass is 32.1. The van der Waals surface area contributed by atoms with Crippen molar-refractivity contribution in [3.63, 3.8) is 0 Å². The molecule has 3 amide bonds. The first-order chi connectivity index (χ1) is 12.9. The summed E-state index contributed by atoms with van der Waals surface area (Å²) >= 11 is 1.26. The Kier molecular flexibility index (Phi) is 5.27. The molecule has 0 atom stereocenters. The van der Waals surface area contributed by atoms with Crippen LogP contribution in [-0.2, 0) is 4.79 Å². The van der Waals surface area contributed by atoms with Crippen molar-refractivity contribution in [2.45, 2.75) is 6.92 Å². The van der Waals surface area contributed by atoms with Crippen LogP contribution in [-0.4, -0.2) is 39.4 Å². The van der Waals surface area contributed by atoms with Crippen LogP contribution in [0.1, 0.15) is 26.5 Å². The van der Waals surface area contributed by atoms with Crippen LogP contribution in [0, 0.1) is 6.92 Å². The van der Waals surface area contributed by atoms with Crippen molar-refractivity contribution in [3.8, 4) is 10.6 Å². The van der Waals surface area contributed by atoms with Crippen LogP contribution in [0.3, 0.4) is 0 Å². The number of carbonyl (C=O) groups is 3. The minimum absolute atomic E-state index is 0.119. The molecule has 3 aromatic rings. The summed E-state index contributed by atoms with van der Waals surface area (Å²) in [5.74, 6) is -1.42. The number of aromatic nitrogens is 3. The molecule has 0 saturated heterocycles. The number of benzene rings is 1. The van der Waals surface area contributed by atoms with Gasteiger partial charge in [0.2, 0.25) is 5.91 Å². The maximum Gasteiger partial charge on any atom is 0.272 e. The summed E-state index contributed by atoms with van der Waals surface area (Å²) in [6, 6.07) is 10.4. The third-order valence-corrected chi connectivity index (χ3v) is 4.64. The zero-order chi connectivity index (χ0) is 19.4. The topological polar surface area (TPSA) is 143 Å². The van der Waals surface area contributed by atoms with Crippen LogP contribution < -0.4 is 16.4 Å². The van der Waals surface area contributed by atoms with E-state index in [-0.39, 0.29) is 18.1 Å². The van der Waals surface area contributed by atoms with Gasteiger partial charge in [0.25, 0.3) is 11.8 Å². The van der Waals surface area contributed by atoms with Crippen molar-refractivity contribution in [3.05, 3.63) is 53.3 Å². The lowest BCUT2D eigenvalue weighted by molar-refractivity contribution is -0.117. The third kappa shape index (κ3) is 4.36. The van der Waals surface area contributed by atoms with Gasteiger partial charge in [-0.3, -0.25) is 24.8 Å². The average Bonchev–Trinajstić information content (AvgIpc) is 3.27. The van der Waals surface area contributed by atoms with E-state index < -0.39 is 11.8 Å². The normalized spacial score (nSPS) is 10.4. The Hall–Kier alpha value is -3.53. The summed E-state index contributed by atoms with van der Waals surface area (Å²) in [6.07, 6.45) is 0. The van der Waals surface area contributed by atoms with Gasteiger partial charge in [0.05, 0.1) is 22.8 Å². The Labute approximate surface area is 158 Å². The lowest BCUT2D eigenvalue weighted by Gasteiger charge is -2.00. The molecule has 2 heterocycles. The number of hydrogen-bond donors (Lipinski definition) is 4. The fourth-order valence-corrected chi connectivity index (χ4v) is 3.20. The number of H-pyrrole nitrogens is 1. The van der Waals surface area contributed by atoms with E-state index in [1.54, 1.807) is 37.3 Å². The predicted molar refractivity (Wildman–Crippen MR) is 100 cm³/mol. The average molecular weight is 384 g/mol. The number of aryl methyl sites for hydroxylation is 1. The number of amides is 3. The van der Waals surface area contributed by atoms with Gasteiger partial charge in [-0.15, -0.1) is 0 Å². The summed E-state index contributed by atoms with van der Waals surface area (Å²) in [4.78, 5) is 40.0. The molecule has 0 fully saturated rings. The number of nitrogens with two attached hydrogens (primary N) is 1. The van der Waals surface area contributed by atoms with E-state index in [2.05, 4.69) is 25.8 Å². The lowest BCUT2D eigenvalue weighted by Crippen LogP contribution is -2.33. The second-order valence-corrected chi connectivity index (χ2v) is 6.57. The highest BCUT2D eigenvalue weighted by Gasteiger charge is 2.17. The van der Waals surface area contributed by atoms with Gasteiger partial charge in [0.1, 0.15) is 0 Å². The van der Waals surface area contributed by atoms with E-state index in [9.17, 15) is 14.4 Å². The molecule has 0 unspecified atom stereocenters. The van der Waals surface area contributed by atoms with Gasteiger partial charge in [-0.05, 0) is 25.1 Å². The van der Waals surface area contributed by atoms with Crippen molar-refractivity contribution in [1.29, 1.82) is 0 Å². The fourth-order valence-electron chi connectivity index (χ4n) is 2.27. The number of rotatable bonds is 6. The third-order valence-electron chi connectivity index (χ3n) is 3.53. The van der Waals surface area contributed by atoms with E-state index in [1.165, 1.54) is 11.3 Å². The van der Waals surface area contributed by atoms with Crippen molar-refractivity contribution >= 4 is 34.2 Å². The highest BCUT2D eigenvalue weighted by molar-refractivity contribution is 7.19. The van der Waals surface area contributed by atoms with E-state index in [1.807, 2.05) is 6.07 Å². The molecular weight excluding hydrogens is 368 g/mol. The number of thiazole rings is 1. The molecule has 0 radical (unpaired) electrons. The van der Waals surface area contributed by atoms with E-state index in [0.717, 1.165) is 4.88 Å².